The van der Waals surface area contributed by atoms with Crippen molar-refractivity contribution in [1.29, 1.82) is 0 Å². The van der Waals surface area contributed by atoms with Crippen LogP contribution in [-0.4, -0.2) is 61.5 Å². The second kappa shape index (κ2) is 14.3. The minimum atomic E-state index is -1.10. The predicted octanol–water partition coefficient (Wildman–Crippen LogP) is 3.45. The average molecular weight is 493 g/mol. The van der Waals surface area contributed by atoms with Crippen molar-refractivity contribution in [1.82, 2.24) is 5.32 Å². The number of carboxylic acids is 2. The van der Waals surface area contributed by atoms with Crippen molar-refractivity contribution >= 4 is 42.4 Å². The number of nitrogens with one attached hydrogen (secondary N) is 1. The van der Waals surface area contributed by atoms with E-state index >= 15 is 0 Å². The molecule has 1 aromatic rings. The Bertz CT molecular complexity index is 722. The lowest BCUT2D eigenvalue weighted by atomic mass is 9.85. The summed E-state index contributed by atoms with van der Waals surface area (Å²) in [5, 5.41) is 21.2. The van der Waals surface area contributed by atoms with Gasteiger partial charge >= 0.3 is 11.9 Å². The maximum atomic E-state index is 10.9. The lowest BCUT2D eigenvalue weighted by molar-refractivity contribution is -0.140. The minimum Gasteiger partial charge on any atom is -0.479 e. The molecule has 0 aromatic heterocycles. The lowest BCUT2D eigenvalue weighted by Gasteiger charge is -2.34. The third kappa shape index (κ3) is 8.92. The quantitative estimate of drug-likeness (QED) is 0.455. The number of piperidine rings is 2. The van der Waals surface area contributed by atoms with Gasteiger partial charge in [-0.25, -0.2) is 9.59 Å². The Hall–Kier alpha value is -1.90. The summed E-state index contributed by atoms with van der Waals surface area (Å²) in [5.41, 5.74) is 0.940. The van der Waals surface area contributed by atoms with Gasteiger partial charge in [0.05, 0.1) is 0 Å². The summed E-state index contributed by atoms with van der Waals surface area (Å²) in [7, 11) is 0. The molecule has 0 amide bonds. The number of benzene rings is 1. The molecule has 2 aliphatic rings. The second-order valence-corrected chi connectivity index (χ2v) is 8.20. The number of aliphatic carboxylic acids is 2. The first-order valence-electron chi connectivity index (χ1n) is 10.8. The molecule has 0 aliphatic carbocycles. The number of hydrogen-bond donors (Lipinski definition) is 3. The van der Waals surface area contributed by atoms with E-state index in [1.165, 1.54) is 25.7 Å². The molecule has 1 aromatic carbocycles. The molecule has 0 atom stereocenters. The molecule has 3 rings (SSSR count). The zero-order valence-corrected chi connectivity index (χ0v) is 19.8. The first-order valence-corrected chi connectivity index (χ1v) is 10.8. The van der Waals surface area contributed by atoms with E-state index in [2.05, 4.69) is 10.2 Å². The highest BCUT2D eigenvalue weighted by Gasteiger charge is 2.22. The molecule has 0 unspecified atom stereocenters. The van der Waals surface area contributed by atoms with Crippen LogP contribution < -0.4 is 19.7 Å². The van der Waals surface area contributed by atoms with Crippen molar-refractivity contribution in [3.8, 4) is 11.5 Å². The van der Waals surface area contributed by atoms with E-state index in [-0.39, 0.29) is 36.3 Å². The summed E-state index contributed by atoms with van der Waals surface area (Å²) in [6.07, 6.45) is 7.52. The van der Waals surface area contributed by atoms with E-state index in [0.29, 0.717) is 0 Å². The van der Waals surface area contributed by atoms with Crippen LogP contribution in [0.2, 0.25) is 0 Å². The van der Waals surface area contributed by atoms with E-state index in [0.717, 1.165) is 56.5 Å². The molecular formula is C22H34Cl2N2O6. The molecule has 32 heavy (non-hydrogen) atoms. The van der Waals surface area contributed by atoms with Crippen LogP contribution in [0.5, 0.6) is 11.5 Å². The number of carboxylic acid groups (broad SMARTS) is 2. The molecule has 10 heteroatoms. The SMILES string of the molecule is Cl.Cl.O=C(O)COc1ccc(N2CCC(CCC3CCNCC3)CC2)cc1OCC(=O)O. The Labute approximate surface area is 201 Å². The van der Waals surface area contributed by atoms with Crippen molar-refractivity contribution in [2.75, 3.05) is 44.3 Å². The van der Waals surface area contributed by atoms with E-state index in [1.807, 2.05) is 6.07 Å². The van der Waals surface area contributed by atoms with Gasteiger partial charge in [0, 0.05) is 24.8 Å². The molecule has 2 fully saturated rings. The van der Waals surface area contributed by atoms with Gasteiger partial charge in [-0.05, 0) is 62.7 Å². The smallest absolute Gasteiger partial charge is 0.341 e. The van der Waals surface area contributed by atoms with Crippen LogP contribution in [0.15, 0.2) is 18.2 Å². The zero-order chi connectivity index (χ0) is 21.3. The molecule has 2 heterocycles. The van der Waals surface area contributed by atoms with Crippen LogP contribution in [0.25, 0.3) is 0 Å². The fraction of sp³-hybridized carbons (Fsp3) is 0.636. The number of rotatable bonds is 10. The Morgan fingerprint density at radius 3 is 1.97 bits per heavy atom. The molecule has 0 radical (unpaired) electrons. The van der Waals surface area contributed by atoms with Gasteiger partial charge in [0.2, 0.25) is 0 Å². The van der Waals surface area contributed by atoms with Crippen molar-refractivity contribution < 1.29 is 29.3 Å². The molecule has 0 spiro atoms. The number of nitrogens with zero attached hydrogens (tertiary/aromatic N) is 1. The van der Waals surface area contributed by atoms with Gasteiger partial charge in [0.25, 0.3) is 0 Å². The molecule has 8 nitrogen and oxygen atoms in total. The lowest BCUT2D eigenvalue weighted by Crippen LogP contribution is -2.34. The van der Waals surface area contributed by atoms with E-state index in [1.54, 1.807) is 12.1 Å². The number of carbonyl (C=O) groups is 2. The first-order chi connectivity index (χ1) is 14.5. The van der Waals surface area contributed by atoms with Crippen LogP contribution in [0.3, 0.4) is 0 Å². The fourth-order valence-corrected chi connectivity index (χ4v) is 4.33. The van der Waals surface area contributed by atoms with E-state index < -0.39 is 25.2 Å². The fourth-order valence-electron chi connectivity index (χ4n) is 4.33. The Balaban J connectivity index is 0.00000256. The van der Waals surface area contributed by atoms with E-state index in [4.69, 9.17) is 19.7 Å². The monoisotopic (exact) mass is 492 g/mol. The minimum absolute atomic E-state index is 0. The van der Waals surface area contributed by atoms with Gasteiger partial charge in [-0.3, -0.25) is 0 Å². The van der Waals surface area contributed by atoms with Gasteiger partial charge in [-0.2, -0.15) is 0 Å². The summed E-state index contributed by atoms with van der Waals surface area (Å²) in [4.78, 5) is 23.9. The molecule has 0 saturated carbocycles. The van der Waals surface area contributed by atoms with Gasteiger partial charge in [0.1, 0.15) is 0 Å². The van der Waals surface area contributed by atoms with Crippen molar-refractivity contribution in [2.45, 2.75) is 38.5 Å². The Morgan fingerprint density at radius 2 is 1.41 bits per heavy atom. The highest BCUT2D eigenvalue weighted by molar-refractivity contribution is 5.85. The van der Waals surface area contributed by atoms with Gasteiger partial charge < -0.3 is 29.9 Å². The summed E-state index contributed by atoms with van der Waals surface area (Å²) >= 11 is 0. The Morgan fingerprint density at radius 1 is 0.875 bits per heavy atom. The molecule has 182 valence electrons. The predicted molar refractivity (Wildman–Crippen MR) is 127 cm³/mol. The summed E-state index contributed by atoms with van der Waals surface area (Å²) in [6, 6.07) is 5.27. The number of hydrogen-bond acceptors (Lipinski definition) is 6. The summed E-state index contributed by atoms with van der Waals surface area (Å²) < 4.78 is 10.6. The molecule has 3 N–H and O–H groups in total. The second-order valence-electron chi connectivity index (χ2n) is 8.20. The maximum absolute atomic E-state index is 10.9. The highest BCUT2D eigenvalue weighted by atomic mass is 35.5. The van der Waals surface area contributed by atoms with E-state index in [9.17, 15) is 9.59 Å². The van der Waals surface area contributed by atoms with Gasteiger partial charge in [0.15, 0.2) is 24.7 Å². The zero-order valence-electron chi connectivity index (χ0n) is 18.2. The van der Waals surface area contributed by atoms with Crippen LogP contribution in [-0.2, 0) is 9.59 Å². The largest absolute Gasteiger partial charge is 0.479 e. The number of anilines is 1. The first kappa shape index (κ1) is 28.1. The maximum Gasteiger partial charge on any atom is 0.341 e. The number of halogens is 2. The van der Waals surface area contributed by atoms with Crippen molar-refractivity contribution in [3.63, 3.8) is 0 Å². The van der Waals surface area contributed by atoms with Crippen LogP contribution in [0.4, 0.5) is 5.69 Å². The molecule has 0 bridgehead atoms. The average Bonchev–Trinajstić information content (AvgIpc) is 2.76. The highest BCUT2D eigenvalue weighted by Crippen LogP contribution is 2.35. The Kier molecular flexibility index (Phi) is 12.6. The molecular weight excluding hydrogens is 459 g/mol. The normalized spacial score (nSPS) is 17.1. The molecule has 2 saturated heterocycles. The summed E-state index contributed by atoms with van der Waals surface area (Å²) in [6.45, 7) is 3.19. The van der Waals surface area contributed by atoms with Gasteiger partial charge in [-0.15, -0.1) is 24.8 Å². The third-order valence-corrected chi connectivity index (χ3v) is 6.05. The number of ether oxygens (including phenoxy) is 2. The van der Waals surface area contributed by atoms with Crippen LogP contribution >= 0.6 is 24.8 Å². The standard InChI is InChI=1S/C22H32N2O6.2ClH/c25-21(26)14-29-19-4-3-18(13-20(19)30-15-22(27)28)24-11-7-17(8-12-24)2-1-16-5-9-23-10-6-16;;/h3-4,13,16-17,23H,1-2,5-12,14-15H2,(H,25,26)(H,27,28);2*1H. The van der Waals surface area contributed by atoms with Crippen LogP contribution in [0.1, 0.15) is 38.5 Å². The van der Waals surface area contributed by atoms with Gasteiger partial charge in [-0.1, -0.05) is 12.8 Å². The molecule has 2 aliphatic heterocycles. The summed E-state index contributed by atoms with van der Waals surface area (Å²) in [5.74, 6) is -0.0778. The topological polar surface area (TPSA) is 108 Å². The van der Waals surface area contributed by atoms with Crippen LogP contribution in [0, 0.1) is 11.8 Å². The third-order valence-electron chi connectivity index (χ3n) is 6.05. The van der Waals surface area contributed by atoms with Crippen molar-refractivity contribution in [3.05, 3.63) is 18.2 Å². The van der Waals surface area contributed by atoms with Crippen molar-refractivity contribution in [2.24, 2.45) is 11.8 Å².